The van der Waals surface area contributed by atoms with Crippen molar-refractivity contribution in [2.24, 2.45) is 14.1 Å². The van der Waals surface area contributed by atoms with Gasteiger partial charge >= 0.3 is 0 Å². The van der Waals surface area contributed by atoms with E-state index >= 15 is 0 Å². The molecule has 0 N–H and O–H groups in total. The van der Waals surface area contributed by atoms with Gasteiger partial charge in [-0.05, 0) is 25.1 Å². The second-order valence-electron chi connectivity index (χ2n) is 5.81. The van der Waals surface area contributed by atoms with Crippen molar-refractivity contribution >= 4 is 11.0 Å². The van der Waals surface area contributed by atoms with Gasteiger partial charge in [-0.25, -0.2) is 4.98 Å². The molecular weight excluding hydrogens is 286 g/mol. The lowest BCUT2D eigenvalue weighted by atomic mass is 10.0. The van der Waals surface area contributed by atoms with Crippen LogP contribution in [0.4, 0.5) is 0 Å². The number of imidazole rings is 1. The Labute approximate surface area is 134 Å². The topological polar surface area (TPSA) is 48.5 Å². The van der Waals surface area contributed by atoms with E-state index in [1.54, 1.807) is 4.68 Å². The third kappa shape index (κ3) is 2.30. The predicted molar refractivity (Wildman–Crippen MR) is 90.9 cm³/mol. The number of hydrogen-bond acceptors (Lipinski definition) is 3. The van der Waals surface area contributed by atoms with E-state index in [4.69, 9.17) is 4.98 Å². The fraction of sp³-hybridized carbons (Fsp3) is 0.167. The molecule has 4 aromatic rings. The van der Waals surface area contributed by atoms with Gasteiger partial charge in [0.05, 0.1) is 29.3 Å². The largest absolute Gasteiger partial charge is 0.334 e. The first-order chi connectivity index (χ1) is 11.1. The first-order valence-corrected chi connectivity index (χ1v) is 7.50. The van der Waals surface area contributed by atoms with Crippen LogP contribution in [0, 0.1) is 6.92 Å². The summed E-state index contributed by atoms with van der Waals surface area (Å²) < 4.78 is 3.83. The summed E-state index contributed by atoms with van der Waals surface area (Å²) >= 11 is 0. The van der Waals surface area contributed by atoms with E-state index in [-0.39, 0.29) is 0 Å². The molecule has 0 unspecified atom stereocenters. The lowest BCUT2D eigenvalue weighted by Crippen LogP contribution is -1.92. The molecule has 0 saturated heterocycles. The van der Waals surface area contributed by atoms with Gasteiger partial charge in [0.25, 0.3) is 0 Å². The van der Waals surface area contributed by atoms with E-state index in [1.165, 1.54) is 0 Å². The maximum atomic E-state index is 4.77. The van der Waals surface area contributed by atoms with Crippen LogP contribution in [0.2, 0.25) is 0 Å². The Morgan fingerprint density at radius 3 is 2.65 bits per heavy atom. The van der Waals surface area contributed by atoms with Crippen LogP contribution in [-0.2, 0) is 14.1 Å². The molecule has 3 heterocycles. The smallest absolute Gasteiger partial charge is 0.0955 e. The number of nitrogens with zero attached hydrogens (tertiary/aromatic N) is 5. The van der Waals surface area contributed by atoms with Crippen molar-refractivity contribution in [1.29, 1.82) is 0 Å². The number of rotatable bonds is 2. The van der Waals surface area contributed by atoms with Crippen LogP contribution in [0.15, 0.2) is 49.1 Å². The van der Waals surface area contributed by atoms with E-state index in [0.717, 1.165) is 39.1 Å². The Morgan fingerprint density at radius 1 is 1.00 bits per heavy atom. The summed E-state index contributed by atoms with van der Waals surface area (Å²) in [6.45, 7) is 2.01. The highest BCUT2D eigenvalue weighted by atomic mass is 15.2. The predicted octanol–water partition coefficient (Wildman–Crippen LogP) is 3.34. The third-order valence-corrected chi connectivity index (χ3v) is 4.05. The minimum Gasteiger partial charge on any atom is -0.334 e. The summed E-state index contributed by atoms with van der Waals surface area (Å²) in [6, 6.07) is 10.4. The summed E-state index contributed by atoms with van der Waals surface area (Å²) in [6.07, 6.45) is 5.71. The van der Waals surface area contributed by atoms with E-state index in [2.05, 4.69) is 34.3 Å². The molecule has 0 atom stereocenters. The molecule has 5 heteroatoms. The summed E-state index contributed by atoms with van der Waals surface area (Å²) in [7, 11) is 3.92. The Bertz CT molecular complexity index is 1010. The molecule has 0 aliphatic heterocycles. The minimum atomic E-state index is 0.963. The summed E-state index contributed by atoms with van der Waals surface area (Å²) in [5.41, 5.74) is 7.27. The van der Waals surface area contributed by atoms with Crippen LogP contribution in [0.3, 0.4) is 0 Å². The average Bonchev–Trinajstić information content (AvgIpc) is 3.13. The Morgan fingerprint density at radius 2 is 1.87 bits per heavy atom. The quantitative estimate of drug-likeness (QED) is 0.570. The van der Waals surface area contributed by atoms with Crippen molar-refractivity contribution in [3.8, 4) is 22.4 Å². The van der Waals surface area contributed by atoms with Gasteiger partial charge in [-0.3, -0.25) is 9.67 Å². The number of aryl methyl sites for hydroxylation is 3. The van der Waals surface area contributed by atoms with Gasteiger partial charge in [0.1, 0.15) is 0 Å². The van der Waals surface area contributed by atoms with E-state index in [0.29, 0.717) is 0 Å². The van der Waals surface area contributed by atoms with E-state index < -0.39 is 0 Å². The number of hydrogen-bond donors (Lipinski definition) is 0. The molecule has 5 nitrogen and oxygen atoms in total. The number of fused-ring (bicyclic) bond motifs is 1. The summed E-state index contributed by atoms with van der Waals surface area (Å²) in [4.78, 5) is 9.22. The van der Waals surface area contributed by atoms with Crippen molar-refractivity contribution in [1.82, 2.24) is 24.3 Å². The zero-order valence-corrected chi connectivity index (χ0v) is 13.4. The first kappa shape index (κ1) is 13.7. The molecule has 0 aliphatic rings. The van der Waals surface area contributed by atoms with Gasteiger partial charge in [0.15, 0.2) is 0 Å². The Kier molecular flexibility index (Phi) is 3.01. The zero-order chi connectivity index (χ0) is 16.0. The van der Waals surface area contributed by atoms with Gasteiger partial charge in [-0.15, -0.1) is 0 Å². The van der Waals surface area contributed by atoms with E-state index in [9.17, 15) is 0 Å². The molecular formula is C18H17N5. The standard InChI is InChI=1S/C18H17N5/c1-12-4-6-15(14-9-20-23(3)10-14)18(21-12)13-5-7-17-16(8-13)19-11-22(17)2/h4-11H,1-3H3. The number of pyridine rings is 1. The SMILES string of the molecule is Cc1ccc(-c2cnn(C)c2)c(-c2ccc3c(c2)ncn3C)n1. The zero-order valence-electron chi connectivity index (χ0n) is 13.4. The lowest BCUT2D eigenvalue weighted by molar-refractivity contribution is 0.768. The molecule has 4 rings (SSSR count). The van der Waals surface area contributed by atoms with Gasteiger partial charge in [0.2, 0.25) is 0 Å². The van der Waals surface area contributed by atoms with Crippen molar-refractivity contribution in [3.05, 3.63) is 54.7 Å². The summed E-state index contributed by atoms with van der Waals surface area (Å²) in [5, 5.41) is 4.28. The van der Waals surface area contributed by atoms with Crippen LogP contribution in [0.5, 0.6) is 0 Å². The normalized spacial score (nSPS) is 11.3. The van der Waals surface area contributed by atoms with Crippen LogP contribution >= 0.6 is 0 Å². The molecule has 0 bridgehead atoms. The molecule has 0 radical (unpaired) electrons. The van der Waals surface area contributed by atoms with Crippen LogP contribution in [-0.4, -0.2) is 24.3 Å². The summed E-state index contributed by atoms with van der Waals surface area (Å²) in [5.74, 6) is 0. The van der Waals surface area contributed by atoms with Gasteiger partial charge in [-0.2, -0.15) is 5.10 Å². The molecule has 0 spiro atoms. The monoisotopic (exact) mass is 303 g/mol. The van der Waals surface area contributed by atoms with Crippen LogP contribution in [0.1, 0.15) is 5.69 Å². The fourth-order valence-corrected chi connectivity index (χ4v) is 2.85. The molecule has 114 valence electrons. The highest BCUT2D eigenvalue weighted by Gasteiger charge is 2.12. The van der Waals surface area contributed by atoms with Crippen molar-refractivity contribution in [2.75, 3.05) is 0 Å². The van der Waals surface area contributed by atoms with Crippen molar-refractivity contribution < 1.29 is 0 Å². The second-order valence-corrected chi connectivity index (χ2v) is 5.81. The van der Waals surface area contributed by atoms with Gasteiger partial charge in [0, 0.05) is 42.7 Å². The highest BCUT2D eigenvalue weighted by molar-refractivity contribution is 5.86. The van der Waals surface area contributed by atoms with E-state index in [1.807, 2.05) is 50.4 Å². The lowest BCUT2D eigenvalue weighted by Gasteiger charge is -2.09. The maximum Gasteiger partial charge on any atom is 0.0955 e. The highest BCUT2D eigenvalue weighted by Crippen LogP contribution is 2.31. The van der Waals surface area contributed by atoms with Crippen molar-refractivity contribution in [3.63, 3.8) is 0 Å². The fourth-order valence-electron chi connectivity index (χ4n) is 2.85. The van der Waals surface area contributed by atoms with Crippen LogP contribution < -0.4 is 0 Å². The van der Waals surface area contributed by atoms with Gasteiger partial charge in [-0.1, -0.05) is 12.1 Å². The van der Waals surface area contributed by atoms with Crippen LogP contribution in [0.25, 0.3) is 33.4 Å². The minimum absolute atomic E-state index is 0.963. The first-order valence-electron chi connectivity index (χ1n) is 7.50. The van der Waals surface area contributed by atoms with Gasteiger partial charge < -0.3 is 4.57 Å². The Balaban J connectivity index is 1.94. The molecule has 0 fully saturated rings. The van der Waals surface area contributed by atoms with Crippen molar-refractivity contribution in [2.45, 2.75) is 6.92 Å². The molecule has 0 saturated carbocycles. The maximum absolute atomic E-state index is 4.77. The average molecular weight is 303 g/mol. The Hall–Kier alpha value is -2.95. The number of aromatic nitrogens is 5. The number of benzene rings is 1. The molecule has 3 aromatic heterocycles. The third-order valence-electron chi connectivity index (χ3n) is 4.05. The molecule has 0 aliphatic carbocycles. The molecule has 1 aromatic carbocycles. The molecule has 23 heavy (non-hydrogen) atoms. The second kappa shape index (κ2) is 5.05. The molecule has 0 amide bonds.